The number of anilines is 1. The lowest BCUT2D eigenvalue weighted by molar-refractivity contribution is 0.289. The predicted molar refractivity (Wildman–Crippen MR) is 146 cm³/mol. The van der Waals surface area contributed by atoms with E-state index in [0.29, 0.717) is 12.0 Å². The third-order valence-electron chi connectivity index (χ3n) is 7.09. The van der Waals surface area contributed by atoms with Crippen LogP contribution in [0.1, 0.15) is 57.6 Å². The van der Waals surface area contributed by atoms with Gasteiger partial charge in [0.2, 0.25) is 0 Å². The molecule has 0 amide bonds. The Kier molecular flexibility index (Phi) is 6.07. The summed E-state index contributed by atoms with van der Waals surface area (Å²) in [6.45, 7) is 14.2. The lowest BCUT2D eigenvalue weighted by Gasteiger charge is -2.36. The van der Waals surface area contributed by atoms with E-state index >= 15 is 0 Å². The van der Waals surface area contributed by atoms with E-state index in [1.54, 1.807) is 0 Å². The molecule has 4 heterocycles. The Morgan fingerprint density at radius 2 is 2.09 bits per heavy atom. The second-order valence-electron chi connectivity index (χ2n) is 10.8. The molecule has 1 aromatic carbocycles. The Morgan fingerprint density at radius 3 is 2.74 bits per heavy atom. The molecular weight excluding hydrogens is 453 g/mol. The van der Waals surface area contributed by atoms with Crippen molar-refractivity contribution in [1.29, 1.82) is 5.26 Å². The second kappa shape index (κ2) is 8.93. The fourth-order valence-electron chi connectivity index (χ4n) is 5.04. The van der Waals surface area contributed by atoms with E-state index in [9.17, 15) is 5.26 Å². The number of H-pyrrole nitrogens is 1. The van der Waals surface area contributed by atoms with Gasteiger partial charge in [0.05, 0.1) is 29.0 Å². The molecule has 5 rings (SSSR count). The van der Waals surface area contributed by atoms with E-state index in [2.05, 4.69) is 68.8 Å². The molecule has 1 fully saturated rings. The minimum Gasteiger partial charge on any atom is -0.366 e. The molecule has 7 nitrogen and oxygen atoms in total. The molecule has 0 bridgehead atoms. The molecule has 0 unspecified atom stereocenters. The maximum atomic E-state index is 9.66. The van der Waals surface area contributed by atoms with Gasteiger partial charge >= 0.3 is 0 Å². The largest absolute Gasteiger partial charge is 0.366 e. The van der Waals surface area contributed by atoms with Crippen molar-refractivity contribution in [1.82, 2.24) is 24.9 Å². The highest BCUT2D eigenvalue weighted by Gasteiger charge is 2.27. The molecule has 35 heavy (non-hydrogen) atoms. The summed E-state index contributed by atoms with van der Waals surface area (Å²) in [7, 11) is -0.446. The summed E-state index contributed by atoms with van der Waals surface area (Å²) in [5, 5.41) is 24.0. The number of rotatable bonds is 5. The molecule has 8 heteroatoms. The Morgan fingerprint density at radius 1 is 1.29 bits per heavy atom. The number of fused-ring (bicyclic) bond motifs is 2. The summed E-state index contributed by atoms with van der Waals surface area (Å²) in [5.41, 5.74) is 5.95. The molecule has 1 aliphatic heterocycles. The minimum absolute atomic E-state index is 0.176. The zero-order chi connectivity index (χ0) is 24.9. The molecule has 1 aliphatic rings. The van der Waals surface area contributed by atoms with Crippen molar-refractivity contribution in [3.05, 3.63) is 41.7 Å². The molecule has 3 N–H and O–H groups in total. The Bertz CT molecular complexity index is 1430. The summed E-state index contributed by atoms with van der Waals surface area (Å²) >= 11 is 0. The van der Waals surface area contributed by atoms with Gasteiger partial charge in [-0.3, -0.25) is 0 Å². The van der Waals surface area contributed by atoms with Crippen LogP contribution in [0, 0.1) is 11.3 Å². The molecule has 0 saturated carbocycles. The summed E-state index contributed by atoms with van der Waals surface area (Å²) in [5.74, 6) is 1.27. The summed E-state index contributed by atoms with van der Waals surface area (Å²) in [4.78, 5) is 8.58. The van der Waals surface area contributed by atoms with Gasteiger partial charge in [-0.25, -0.2) is 4.98 Å². The fourth-order valence-corrected chi connectivity index (χ4v) is 6.27. The third-order valence-corrected chi connectivity index (χ3v) is 8.45. The number of nitriles is 1. The molecule has 1 atom stereocenters. The van der Waals surface area contributed by atoms with Crippen molar-refractivity contribution in [3.63, 3.8) is 0 Å². The quantitative estimate of drug-likeness (QED) is 0.337. The molecular formula is C27H34N7P. The van der Waals surface area contributed by atoms with Crippen molar-refractivity contribution in [2.45, 2.75) is 58.0 Å². The van der Waals surface area contributed by atoms with Crippen LogP contribution in [0.25, 0.3) is 27.8 Å². The standard InChI is InChI=1S/C27H34N7P/c1-16(2)20-15-31-34-23(32-18-9-10-27(3,4)30-13-18)11-22(33-26(20)34)21-14-29-24-19(21)8-7-17(12-28)25(24)35(5)6/h7-8,11,14-16,18,29-30,32H,9-10,13H2,1-6H3/t18-/m0/s1. The molecule has 0 radical (unpaired) electrons. The van der Waals surface area contributed by atoms with E-state index in [1.165, 1.54) is 0 Å². The number of nitrogens with zero attached hydrogens (tertiary/aromatic N) is 4. The first-order valence-corrected chi connectivity index (χ1v) is 14.5. The van der Waals surface area contributed by atoms with Crippen LogP contribution in [-0.4, -0.2) is 51.0 Å². The number of nitrogens with one attached hydrogen (secondary N) is 3. The summed E-state index contributed by atoms with van der Waals surface area (Å²) < 4.78 is 1.95. The lowest BCUT2D eigenvalue weighted by Crippen LogP contribution is -2.50. The number of aromatic nitrogens is 4. The van der Waals surface area contributed by atoms with Gasteiger partial charge in [0.25, 0.3) is 0 Å². The van der Waals surface area contributed by atoms with Gasteiger partial charge in [0, 0.05) is 52.2 Å². The first-order valence-electron chi connectivity index (χ1n) is 12.3. The first kappa shape index (κ1) is 23.8. The minimum atomic E-state index is -0.446. The molecule has 1 saturated heterocycles. The third kappa shape index (κ3) is 4.30. The number of hydrogen-bond acceptors (Lipinski definition) is 5. The van der Waals surface area contributed by atoms with Gasteiger partial charge in [-0.1, -0.05) is 27.8 Å². The maximum absolute atomic E-state index is 9.66. The number of aromatic amines is 1. The van der Waals surface area contributed by atoms with Gasteiger partial charge < -0.3 is 15.6 Å². The normalized spacial score (nSPS) is 18.0. The van der Waals surface area contributed by atoms with Crippen LogP contribution >= 0.6 is 7.92 Å². The number of hydrogen-bond donors (Lipinski definition) is 3. The number of piperidine rings is 1. The Labute approximate surface area is 208 Å². The van der Waals surface area contributed by atoms with Gasteiger partial charge in [0.1, 0.15) is 5.82 Å². The van der Waals surface area contributed by atoms with Crippen molar-refractivity contribution >= 4 is 35.6 Å². The van der Waals surface area contributed by atoms with Gasteiger partial charge in [-0.2, -0.15) is 14.9 Å². The molecule has 0 spiro atoms. The van der Waals surface area contributed by atoms with Crippen LogP contribution in [-0.2, 0) is 0 Å². The monoisotopic (exact) mass is 487 g/mol. The lowest BCUT2D eigenvalue weighted by atomic mass is 9.91. The van der Waals surface area contributed by atoms with E-state index in [1.807, 2.05) is 29.0 Å². The van der Waals surface area contributed by atoms with Crippen LogP contribution in [0.2, 0.25) is 0 Å². The highest BCUT2D eigenvalue weighted by molar-refractivity contribution is 7.64. The van der Waals surface area contributed by atoms with E-state index in [-0.39, 0.29) is 5.54 Å². The second-order valence-corrected chi connectivity index (χ2v) is 13.0. The van der Waals surface area contributed by atoms with Crippen molar-refractivity contribution in [2.24, 2.45) is 0 Å². The fraction of sp³-hybridized carbons (Fsp3) is 0.444. The molecule has 182 valence electrons. The topological polar surface area (TPSA) is 93.8 Å². The van der Waals surface area contributed by atoms with E-state index in [0.717, 1.165) is 69.4 Å². The zero-order valence-corrected chi connectivity index (χ0v) is 22.3. The smallest absolute Gasteiger partial charge is 0.161 e. The van der Waals surface area contributed by atoms with Crippen molar-refractivity contribution in [3.8, 4) is 17.3 Å². The predicted octanol–water partition coefficient (Wildman–Crippen LogP) is 5.18. The number of benzene rings is 1. The van der Waals surface area contributed by atoms with Gasteiger partial charge in [-0.05, 0) is 52.0 Å². The van der Waals surface area contributed by atoms with Crippen LogP contribution in [0.15, 0.2) is 30.6 Å². The SMILES string of the molecule is CC(C)c1cnn2c(N[C@H]3CCC(C)(C)NC3)cc(-c3c[nH]c4c(P(C)C)c(C#N)ccc34)nc12. The van der Waals surface area contributed by atoms with Crippen LogP contribution in [0.3, 0.4) is 0 Å². The van der Waals surface area contributed by atoms with Crippen molar-refractivity contribution < 1.29 is 0 Å². The molecule has 0 aliphatic carbocycles. The molecule has 4 aromatic rings. The maximum Gasteiger partial charge on any atom is 0.161 e. The average Bonchev–Trinajstić information content (AvgIpc) is 3.44. The molecule has 3 aromatic heterocycles. The summed E-state index contributed by atoms with van der Waals surface area (Å²) in [6, 6.07) is 8.81. The first-order chi connectivity index (χ1) is 16.7. The van der Waals surface area contributed by atoms with Gasteiger partial charge in [-0.15, -0.1) is 0 Å². The average molecular weight is 488 g/mol. The van der Waals surface area contributed by atoms with E-state index < -0.39 is 7.92 Å². The zero-order valence-electron chi connectivity index (χ0n) is 21.4. The van der Waals surface area contributed by atoms with Crippen LogP contribution in [0.5, 0.6) is 0 Å². The summed E-state index contributed by atoms with van der Waals surface area (Å²) in [6.07, 6.45) is 6.19. The highest BCUT2D eigenvalue weighted by atomic mass is 31.1. The van der Waals surface area contributed by atoms with E-state index in [4.69, 9.17) is 10.1 Å². The van der Waals surface area contributed by atoms with Crippen LogP contribution in [0.4, 0.5) is 5.82 Å². The van der Waals surface area contributed by atoms with Crippen LogP contribution < -0.4 is 15.9 Å². The Hall–Kier alpha value is -2.94. The highest BCUT2D eigenvalue weighted by Crippen LogP contribution is 2.36. The Balaban J connectivity index is 1.64. The van der Waals surface area contributed by atoms with Gasteiger partial charge in [0.15, 0.2) is 5.65 Å². The van der Waals surface area contributed by atoms with Crippen molar-refractivity contribution in [2.75, 3.05) is 25.2 Å².